The van der Waals surface area contributed by atoms with Crippen molar-refractivity contribution >= 4 is 28.5 Å². The minimum Gasteiger partial charge on any atom is -0.456 e. The van der Waals surface area contributed by atoms with Crippen molar-refractivity contribution in [1.29, 1.82) is 0 Å². The standard InChI is InChI=1S/C9H11N3O2S2/c1-4-5-6-14-8-10-7(11-16-8)15-9(13)12(2)3/h6H2,1-3H3. The van der Waals surface area contributed by atoms with E-state index >= 15 is 0 Å². The number of rotatable bonds is 3. The van der Waals surface area contributed by atoms with Crippen LogP contribution in [0.5, 0.6) is 5.19 Å². The fourth-order valence-corrected chi connectivity index (χ4v) is 1.86. The Hall–Kier alpha value is -1.26. The molecule has 0 radical (unpaired) electrons. The average molecular weight is 257 g/mol. The Morgan fingerprint density at radius 2 is 2.38 bits per heavy atom. The van der Waals surface area contributed by atoms with Crippen LogP contribution in [0.1, 0.15) is 6.92 Å². The minimum absolute atomic E-state index is 0.113. The van der Waals surface area contributed by atoms with Gasteiger partial charge in [0.1, 0.15) is 0 Å². The molecule has 1 heterocycles. The van der Waals surface area contributed by atoms with Gasteiger partial charge in [0.05, 0.1) is 0 Å². The summed E-state index contributed by atoms with van der Waals surface area (Å²) in [5.41, 5.74) is 0. The van der Waals surface area contributed by atoms with Crippen LogP contribution in [0, 0.1) is 11.8 Å². The number of carbonyl (C=O) groups excluding carboxylic acids is 1. The normalized spacial score (nSPS) is 9.19. The van der Waals surface area contributed by atoms with Crippen molar-refractivity contribution in [2.24, 2.45) is 0 Å². The Kier molecular flexibility index (Phi) is 5.08. The summed E-state index contributed by atoms with van der Waals surface area (Å²) in [4.78, 5) is 16.8. The summed E-state index contributed by atoms with van der Waals surface area (Å²) in [5, 5.41) is 0.720. The SMILES string of the molecule is CC#CCOc1nc(SC(=O)N(C)C)ns1. The van der Waals surface area contributed by atoms with Gasteiger partial charge in [-0.3, -0.25) is 4.79 Å². The van der Waals surface area contributed by atoms with E-state index in [2.05, 4.69) is 21.2 Å². The minimum atomic E-state index is -0.113. The van der Waals surface area contributed by atoms with Crippen LogP contribution < -0.4 is 4.74 Å². The molecular weight excluding hydrogens is 246 g/mol. The van der Waals surface area contributed by atoms with Gasteiger partial charge in [-0.15, -0.1) is 5.92 Å². The lowest BCUT2D eigenvalue weighted by Gasteiger charge is -2.05. The van der Waals surface area contributed by atoms with Gasteiger partial charge >= 0.3 is 0 Å². The molecule has 0 saturated heterocycles. The van der Waals surface area contributed by atoms with Crippen molar-refractivity contribution in [2.75, 3.05) is 20.7 Å². The van der Waals surface area contributed by atoms with Gasteiger partial charge in [-0.2, -0.15) is 9.36 Å². The lowest BCUT2D eigenvalue weighted by atomic mass is 10.6. The van der Waals surface area contributed by atoms with Crippen molar-refractivity contribution < 1.29 is 9.53 Å². The zero-order valence-electron chi connectivity index (χ0n) is 9.18. The maximum absolute atomic E-state index is 11.3. The molecule has 0 aliphatic rings. The molecule has 1 amide bonds. The lowest BCUT2D eigenvalue weighted by molar-refractivity contribution is 0.241. The Balaban J connectivity index is 2.50. The van der Waals surface area contributed by atoms with Crippen LogP contribution in [0.4, 0.5) is 4.79 Å². The summed E-state index contributed by atoms with van der Waals surface area (Å²) in [7, 11) is 3.35. The molecule has 1 aromatic heterocycles. The molecule has 0 aliphatic carbocycles. The predicted octanol–water partition coefficient (Wildman–Crippen LogP) is 1.71. The number of hydrogen-bond donors (Lipinski definition) is 0. The molecule has 1 rings (SSSR count). The zero-order chi connectivity index (χ0) is 12.0. The van der Waals surface area contributed by atoms with E-state index < -0.39 is 0 Å². The number of nitrogens with zero attached hydrogens (tertiary/aromatic N) is 3. The first-order chi connectivity index (χ1) is 7.63. The second kappa shape index (κ2) is 6.35. The Labute approximate surface area is 102 Å². The van der Waals surface area contributed by atoms with Crippen LogP contribution >= 0.6 is 23.3 Å². The number of hydrogen-bond acceptors (Lipinski definition) is 6. The summed E-state index contributed by atoms with van der Waals surface area (Å²) in [5.74, 6) is 5.46. The Morgan fingerprint density at radius 1 is 1.62 bits per heavy atom. The third-order valence-corrected chi connectivity index (χ3v) is 3.03. The molecule has 1 aromatic rings. The summed E-state index contributed by atoms with van der Waals surface area (Å²) in [6, 6.07) is 0. The molecule has 0 atom stereocenters. The van der Waals surface area contributed by atoms with Crippen molar-refractivity contribution in [2.45, 2.75) is 12.1 Å². The van der Waals surface area contributed by atoms with Crippen LogP contribution in [-0.4, -0.2) is 40.2 Å². The van der Waals surface area contributed by atoms with Gasteiger partial charge in [-0.25, -0.2) is 0 Å². The smallest absolute Gasteiger partial charge is 0.294 e. The molecule has 16 heavy (non-hydrogen) atoms. The summed E-state index contributed by atoms with van der Waals surface area (Å²) in [6.45, 7) is 2.03. The van der Waals surface area contributed by atoms with Crippen LogP contribution in [-0.2, 0) is 0 Å². The summed E-state index contributed by atoms with van der Waals surface area (Å²) < 4.78 is 9.19. The fraction of sp³-hybridized carbons (Fsp3) is 0.444. The lowest BCUT2D eigenvalue weighted by Crippen LogP contribution is -2.16. The van der Waals surface area contributed by atoms with Gasteiger partial charge in [0, 0.05) is 37.4 Å². The van der Waals surface area contributed by atoms with E-state index in [1.165, 1.54) is 4.90 Å². The molecule has 86 valence electrons. The number of carbonyl (C=O) groups is 1. The first kappa shape index (κ1) is 12.8. The van der Waals surface area contributed by atoms with E-state index in [-0.39, 0.29) is 11.8 Å². The summed E-state index contributed by atoms with van der Waals surface area (Å²) >= 11 is 2.08. The second-order valence-electron chi connectivity index (χ2n) is 2.82. The molecule has 7 heteroatoms. The number of ether oxygens (including phenoxy) is 1. The molecule has 0 aliphatic heterocycles. The number of thioether (sulfide) groups is 1. The Morgan fingerprint density at radius 3 is 3.00 bits per heavy atom. The fourth-order valence-electron chi connectivity index (χ4n) is 0.636. The highest BCUT2D eigenvalue weighted by Crippen LogP contribution is 2.23. The van der Waals surface area contributed by atoms with Crippen LogP contribution in [0.2, 0.25) is 0 Å². The highest BCUT2D eigenvalue weighted by Gasteiger charge is 2.12. The molecule has 0 saturated carbocycles. The van der Waals surface area contributed by atoms with Crippen molar-refractivity contribution in [1.82, 2.24) is 14.3 Å². The first-order valence-electron chi connectivity index (χ1n) is 4.38. The topological polar surface area (TPSA) is 55.3 Å². The third kappa shape index (κ3) is 4.08. The quantitative estimate of drug-likeness (QED) is 0.609. The maximum atomic E-state index is 11.3. The van der Waals surface area contributed by atoms with Gasteiger partial charge in [-0.05, 0) is 6.92 Å². The first-order valence-corrected chi connectivity index (χ1v) is 5.97. The average Bonchev–Trinajstić information content (AvgIpc) is 2.66. The van der Waals surface area contributed by atoms with Crippen LogP contribution in [0.25, 0.3) is 0 Å². The van der Waals surface area contributed by atoms with E-state index in [1.807, 2.05) is 0 Å². The van der Waals surface area contributed by atoms with Gasteiger partial charge in [0.25, 0.3) is 10.4 Å². The van der Waals surface area contributed by atoms with Gasteiger partial charge in [0.2, 0.25) is 5.16 Å². The molecule has 0 unspecified atom stereocenters. The third-order valence-electron chi connectivity index (χ3n) is 1.38. The molecule has 0 N–H and O–H groups in total. The zero-order valence-corrected chi connectivity index (χ0v) is 10.8. The van der Waals surface area contributed by atoms with E-state index in [9.17, 15) is 4.79 Å². The van der Waals surface area contributed by atoms with E-state index in [0.717, 1.165) is 23.3 Å². The predicted molar refractivity (Wildman–Crippen MR) is 63.8 cm³/mol. The maximum Gasteiger partial charge on any atom is 0.294 e. The highest BCUT2D eigenvalue weighted by atomic mass is 32.2. The van der Waals surface area contributed by atoms with E-state index in [4.69, 9.17) is 4.74 Å². The van der Waals surface area contributed by atoms with Gasteiger partial charge < -0.3 is 9.64 Å². The molecule has 0 aromatic carbocycles. The second-order valence-corrected chi connectivity index (χ2v) is 4.45. The van der Waals surface area contributed by atoms with Crippen LogP contribution in [0.15, 0.2) is 5.16 Å². The highest BCUT2D eigenvalue weighted by molar-refractivity contribution is 8.13. The molecule has 0 bridgehead atoms. The largest absolute Gasteiger partial charge is 0.456 e. The molecular formula is C9H11N3O2S2. The van der Waals surface area contributed by atoms with E-state index in [1.54, 1.807) is 21.0 Å². The number of amides is 1. The molecule has 5 nitrogen and oxygen atoms in total. The van der Waals surface area contributed by atoms with Gasteiger partial charge in [-0.1, -0.05) is 5.92 Å². The monoisotopic (exact) mass is 257 g/mol. The van der Waals surface area contributed by atoms with Crippen molar-refractivity contribution in [3.8, 4) is 17.0 Å². The van der Waals surface area contributed by atoms with Crippen molar-refractivity contribution in [3.05, 3.63) is 0 Å². The van der Waals surface area contributed by atoms with Crippen LogP contribution in [0.3, 0.4) is 0 Å². The molecule has 0 fully saturated rings. The van der Waals surface area contributed by atoms with E-state index in [0.29, 0.717) is 10.4 Å². The number of aromatic nitrogens is 2. The summed E-state index contributed by atoms with van der Waals surface area (Å²) in [6.07, 6.45) is 0. The van der Waals surface area contributed by atoms with Crippen molar-refractivity contribution in [3.63, 3.8) is 0 Å². The van der Waals surface area contributed by atoms with Gasteiger partial charge in [0.15, 0.2) is 6.61 Å². The Bertz CT molecular complexity index is 420. The molecule has 0 spiro atoms.